The van der Waals surface area contributed by atoms with Gasteiger partial charge in [0.15, 0.2) is 0 Å². The van der Waals surface area contributed by atoms with E-state index < -0.39 is 6.04 Å². The smallest absolute Gasteiger partial charge is 0.270 e. The molecule has 1 aliphatic heterocycles. The van der Waals surface area contributed by atoms with Gasteiger partial charge in [-0.1, -0.05) is 6.07 Å². The van der Waals surface area contributed by atoms with Gasteiger partial charge in [0.1, 0.15) is 17.3 Å². The summed E-state index contributed by atoms with van der Waals surface area (Å²) in [5.74, 6) is 0.439. The number of benzene rings is 1. The Balaban J connectivity index is 1.46. The number of H-pyrrole nitrogens is 1. The molecular formula is C23H25FN4O2. The summed E-state index contributed by atoms with van der Waals surface area (Å²) >= 11 is 0. The van der Waals surface area contributed by atoms with E-state index in [2.05, 4.69) is 9.97 Å². The van der Waals surface area contributed by atoms with Gasteiger partial charge in [-0.05, 0) is 55.9 Å². The number of carbonyl (C=O) groups excluding carboxylic acids is 1. The summed E-state index contributed by atoms with van der Waals surface area (Å²) in [4.78, 5) is 22.3. The largest absolute Gasteiger partial charge is 0.383 e. The number of pyridine rings is 1. The number of aromatic amines is 1. The van der Waals surface area contributed by atoms with Crippen LogP contribution in [0.3, 0.4) is 0 Å². The van der Waals surface area contributed by atoms with Gasteiger partial charge in [0.2, 0.25) is 0 Å². The molecule has 156 valence electrons. The molecule has 3 heterocycles. The Hall–Kier alpha value is -2.93. The molecule has 1 aliphatic carbocycles. The summed E-state index contributed by atoms with van der Waals surface area (Å²) in [6.07, 6.45) is 2.25. The number of nitrogens with two attached hydrogens (primary N) is 1. The number of nitrogen functional groups attached to an aromatic ring is 1. The van der Waals surface area contributed by atoms with Crippen LogP contribution in [-0.2, 0) is 18.0 Å². The number of ether oxygens (including phenoxy) is 1. The lowest BCUT2D eigenvalue weighted by atomic mass is 9.97. The van der Waals surface area contributed by atoms with Crippen molar-refractivity contribution in [2.45, 2.75) is 51.9 Å². The minimum atomic E-state index is -0.414. The molecule has 1 fully saturated rings. The Bertz CT molecular complexity index is 1180. The summed E-state index contributed by atoms with van der Waals surface area (Å²) in [7, 11) is 1.69. The maximum atomic E-state index is 14.9. The fourth-order valence-electron chi connectivity index (χ4n) is 4.40. The van der Waals surface area contributed by atoms with Crippen LogP contribution in [0.1, 0.15) is 70.0 Å². The van der Waals surface area contributed by atoms with Crippen molar-refractivity contribution in [3.05, 3.63) is 57.5 Å². The Kier molecular flexibility index (Phi) is 4.32. The van der Waals surface area contributed by atoms with Gasteiger partial charge in [0, 0.05) is 23.7 Å². The van der Waals surface area contributed by atoms with Crippen molar-refractivity contribution in [1.29, 1.82) is 0 Å². The highest BCUT2D eigenvalue weighted by Gasteiger charge is 2.29. The van der Waals surface area contributed by atoms with E-state index in [9.17, 15) is 9.18 Å². The number of fused-ring (bicyclic) bond motifs is 3. The molecule has 3 aromatic rings. The van der Waals surface area contributed by atoms with Crippen LogP contribution < -0.4 is 5.73 Å². The monoisotopic (exact) mass is 408 g/mol. The molecule has 30 heavy (non-hydrogen) atoms. The van der Waals surface area contributed by atoms with E-state index in [-0.39, 0.29) is 11.7 Å². The molecule has 0 unspecified atom stereocenters. The van der Waals surface area contributed by atoms with Crippen LogP contribution in [0.4, 0.5) is 10.2 Å². The number of aromatic nitrogens is 2. The Morgan fingerprint density at radius 1 is 1.30 bits per heavy atom. The molecule has 2 aromatic heterocycles. The van der Waals surface area contributed by atoms with E-state index in [1.54, 1.807) is 24.1 Å². The highest BCUT2D eigenvalue weighted by atomic mass is 19.1. The minimum Gasteiger partial charge on any atom is -0.383 e. The van der Waals surface area contributed by atoms with Gasteiger partial charge in [-0.3, -0.25) is 4.79 Å². The average molecular weight is 408 g/mol. The van der Waals surface area contributed by atoms with Gasteiger partial charge in [-0.25, -0.2) is 9.37 Å². The topological polar surface area (TPSA) is 84.2 Å². The van der Waals surface area contributed by atoms with E-state index in [0.29, 0.717) is 41.7 Å². The SMILES string of the molecule is Cc1cc([C@@H](C)N(C)C(=O)c2cc3nc(N)c4c(c3[nH]2)COC4)c(F)cc1C1CC1. The molecule has 1 atom stereocenters. The number of aryl methyl sites for hydroxylation is 1. The first-order valence-corrected chi connectivity index (χ1v) is 10.3. The zero-order chi connectivity index (χ0) is 21.2. The van der Waals surface area contributed by atoms with Gasteiger partial charge >= 0.3 is 0 Å². The maximum Gasteiger partial charge on any atom is 0.270 e. The molecule has 2 aliphatic rings. The molecular weight excluding hydrogens is 383 g/mol. The molecule has 5 rings (SSSR count). The number of anilines is 1. The van der Waals surface area contributed by atoms with E-state index in [0.717, 1.165) is 40.6 Å². The number of carbonyl (C=O) groups is 1. The third kappa shape index (κ3) is 2.96. The van der Waals surface area contributed by atoms with Gasteiger partial charge < -0.3 is 20.4 Å². The summed E-state index contributed by atoms with van der Waals surface area (Å²) in [6, 6.07) is 4.82. The van der Waals surface area contributed by atoms with E-state index in [1.807, 2.05) is 19.9 Å². The number of nitrogens with zero attached hydrogens (tertiary/aromatic N) is 2. The molecule has 0 radical (unpaired) electrons. The van der Waals surface area contributed by atoms with Crippen molar-refractivity contribution in [2.75, 3.05) is 12.8 Å². The number of rotatable bonds is 4. The summed E-state index contributed by atoms with van der Waals surface area (Å²) in [5, 5.41) is 0. The third-order valence-electron chi connectivity index (χ3n) is 6.49. The number of nitrogens with one attached hydrogen (secondary N) is 1. The standard InChI is InChI=1S/C23H25FN4O2/c1-11-6-15(18(24)7-14(11)13-4-5-13)12(2)28(3)23(29)20-8-19-21(26-20)16-9-30-10-17(16)22(25)27-19/h6-8,12-13,26H,4-5,9-10H2,1-3H3,(H2,25,27)/t12-/m1/s1. The third-order valence-corrected chi connectivity index (χ3v) is 6.49. The molecule has 7 heteroatoms. The number of halogens is 1. The van der Waals surface area contributed by atoms with Crippen molar-refractivity contribution in [3.63, 3.8) is 0 Å². The molecule has 3 N–H and O–H groups in total. The normalized spacial score (nSPS) is 16.7. The quantitative estimate of drug-likeness (QED) is 0.673. The number of hydrogen-bond donors (Lipinski definition) is 2. The summed E-state index contributed by atoms with van der Waals surface area (Å²) in [6.45, 7) is 4.73. The predicted molar refractivity (Wildman–Crippen MR) is 113 cm³/mol. The van der Waals surface area contributed by atoms with E-state index >= 15 is 0 Å². The van der Waals surface area contributed by atoms with Crippen LogP contribution in [0.15, 0.2) is 18.2 Å². The molecule has 1 saturated carbocycles. The highest BCUT2D eigenvalue weighted by molar-refractivity contribution is 5.98. The molecule has 0 saturated heterocycles. The van der Waals surface area contributed by atoms with Gasteiger partial charge in [0.05, 0.1) is 30.3 Å². The second kappa shape index (κ2) is 6.80. The Morgan fingerprint density at radius 2 is 2.03 bits per heavy atom. The van der Waals surface area contributed by atoms with Crippen LogP contribution in [0.5, 0.6) is 0 Å². The van der Waals surface area contributed by atoms with Crippen molar-refractivity contribution < 1.29 is 13.9 Å². The van der Waals surface area contributed by atoms with Crippen LogP contribution >= 0.6 is 0 Å². The van der Waals surface area contributed by atoms with Crippen LogP contribution in [-0.4, -0.2) is 27.8 Å². The van der Waals surface area contributed by atoms with E-state index in [4.69, 9.17) is 10.5 Å². The van der Waals surface area contributed by atoms with Crippen molar-refractivity contribution in [3.8, 4) is 0 Å². The fraction of sp³-hybridized carbons (Fsp3) is 0.391. The minimum absolute atomic E-state index is 0.227. The highest BCUT2D eigenvalue weighted by Crippen LogP contribution is 2.43. The van der Waals surface area contributed by atoms with Crippen LogP contribution in [0, 0.1) is 12.7 Å². The lowest BCUT2D eigenvalue weighted by molar-refractivity contribution is 0.0735. The van der Waals surface area contributed by atoms with Crippen molar-refractivity contribution in [2.24, 2.45) is 0 Å². The van der Waals surface area contributed by atoms with Crippen molar-refractivity contribution in [1.82, 2.24) is 14.9 Å². The lowest BCUT2D eigenvalue weighted by Crippen LogP contribution is -2.30. The average Bonchev–Trinajstić information content (AvgIpc) is 3.27. The second-order valence-corrected chi connectivity index (χ2v) is 8.49. The zero-order valence-corrected chi connectivity index (χ0v) is 17.4. The van der Waals surface area contributed by atoms with Crippen LogP contribution in [0.25, 0.3) is 11.0 Å². The fourth-order valence-corrected chi connectivity index (χ4v) is 4.40. The Labute approximate surface area is 174 Å². The number of hydrogen-bond acceptors (Lipinski definition) is 4. The lowest BCUT2D eigenvalue weighted by Gasteiger charge is -2.26. The van der Waals surface area contributed by atoms with Gasteiger partial charge in [0.25, 0.3) is 5.91 Å². The predicted octanol–water partition coefficient (Wildman–Crippen LogP) is 4.33. The maximum absolute atomic E-state index is 14.9. The molecule has 1 amide bonds. The zero-order valence-electron chi connectivity index (χ0n) is 17.4. The van der Waals surface area contributed by atoms with Gasteiger partial charge in [-0.2, -0.15) is 0 Å². The van der Waals surface area contributed by atoms with Crippen LogP contribution in [0.2, 0.25) is 0 Å². The first-order valence-electron chi connectivity index (χ1n) is 10.3. The van der Waals surface area contributed by atoms with E-state index in [1.165, 1.54) is 0 Å². The molecule has 0 spiro atoms. The Morgan fingerprint density at radius 3 is 2.77 bits per heavy atom. The molecule has 0 bridgehead atoms. The first kappa shape index (κ1) is 19.1. The summed E-state index contributed by atoms with van der Waals surface area (Å²) in [5.41, 5.74) is 12.4. The summed E-state index contributed by atoms with van der Waals surface area (Å²) < 4.78 is 20.4. The van der Waals surface area contributed by atoms with Crippen molar-refractivity contribution >= 4 is 22.8 Å². The molecule has 6 nitrogen and oxygen atoms in total. The second-order valence-electron chi connectivity index (χ2n) is 8.49. The molecule has 1 aromatic carbocycles. The number of amides is 1. The van der Waals surface area contributed by atoms with Gasteiger partial charge in [-0.15, -0.1) is 0 Å². The first-order chi connectivity index (χ1) is 14.3.